The molecule has 0 saturated carbocycles. The number of carbonyl (C=O) groups is 1. The smallest absolute Gasteiger partial charge is 0.266 e. The van der Waals surface area contributed by atoms with Crippen molar-refractivity contribution in [1.82, 2.24) is 0 Å². The van der Waals surface area contributed by atoms with E-state index in [4.69, 9.17) is 4.74 Å². The molecule has 0 heterocycles. The van der Waals surface area contributed by atoms with Crippen LogP contribution in [-0.4, -0.2) is 12.0 Å². The molecule has 2 rings (SSSR count). The second-order valence-corrected chi connectivity index (χ2v) is 7.15. The maximum atomic E-state index is 12.5. The molecule has 0 fully saturated rings. The average Bonchev–Trinajstić information content (AvgIpc) is 2.57. The van der Waals surface area contributed by atoms with E-state index >= 15 is 0 Å². The van der Waals surface area contributed by atoms with Crippen LogP contribution in [0.2, 0.25) is 0 Å². The zero-order valence-electron chi connectivity index (χ0n) is 15.3. The summed E-state index contributed by atoms with van der Waals surface area (Å²) in [7, 11) is 0. The van der Waals surface area contributed by atoms with Crippen molar-refractivity contribution in [2.24, 2.45) is 0 Å². The fraction of sp³-hybridized carbons (Fsp3) is 0.238. The lowest BCUT2D eigenvalue weighted by atomic mass is 10.1. The quantitative estimate of drug-likeness (QED) is 0.528. The summed E-state index contributed by atoms with van der Waals surface area (Å²) in [6, 6.07) is 13.2. The minimum atomic E-state index is -0.431. The summed E-state index contributed by atoms with van der Waals surface area (Å²) >= 11 is 3.46. The van der Waals surface area contributed by atoms with Crippen LogP contribution < -0.4 is 10.1 Å². The molecule has 1 N–H and O–H groups in total. The number of ether oxygens (including phenoxy) is 1. The summed E-state index contributed by atoms with van der Waals surface area (Å²) in [5, 5.41) is 12.2. The van der Waals surface area contributed by atoms with Gasteiger partial charge in [0.2, 0.25) is 0 Å². The Hall–Kier alpha value is -2.58. The van der Waals surface area contributed by atoms with Gasteiger partial charge in [-0.25, -0.2) is 0 Å². The van der Waals surface area contributed by atoms with Crippen molar-refractivity contribution in [3.8, 4) is 11.8 Å². The molecule has 5 heteroatoms. The molecule has 0 saturated heterocycles. The molecule has 0 atom stereocenters. The monoisotopic (exact) mass is 412 g/mol. The van der Waals surface area contributed by atoms with E-state index in [1.807, 2.05) is 70.2 Å². The van der Waals surface area contributed by atoms with Gasteiger partial charge in [0.05, 0.1) is 10.6 Å². The number of rotatable bonds is 5. The average molecular weight is 413 g/mol. The first-order chi connectivity index (χ1) is 12.3. The number of hydrogen-bond acceptors (Lipinski definition) is 3. The molecule has 4 nitrogen and oxygen atoms in total. The van der Waals surface area contributed by atoms with Gasteiger partial charge in [-0.2, -0.15) is 5.26 Å². The number of benzene rings is 2. The minimum Gasteiger partial charge on any atom is -0.490 e. The molecule has 0 unspecified atom stereocenters. The lowest BCUT2D eigenvalue weighted by molar-refractivity contribution is -0.112. The zero-order valence-corrected chi connectivity index (χ0v) is 16.8. The van der Waals surface area contributed by atoms with Crippen molar-refractivity contribution in [3.05, 3.63) is 63.1 Å². The number of aryl methyl sites for hydroxylation is 2. The van der Waals surface area contributed by atoms with Gasteiger partial charge in [0.1, 0.15) is 17.4 Å². The number of nitrogens with zero attached hydrogens (tertiary/aromatic N) is 1. The van der Waals surface area contributed by atoms with E-state index in [2.05, 4.69) is 21.2 Å². The van der Waals surface area contributed by atoms with Crippen LogP contribution in [0.5, 0.6) is 5.75 Å². The van der Waals surface area contributed by atoms with Crippen LogP contribution in [-0.2, 0) is 4.79 Å². The number of halogens is 1. The summed E-state index contributed by atoms with van der Waals surface area (Å²) in [5.41, 5.74) is 3.46. The number of hydrogen-bond donors (Lipinski definition) is 1. The fourth-order valence-corrected chi connectivity index (χ4v) is 2.82. The second-order valence-electron chi connectivity index (χ2n) is 6.30. The molecule has 1 amide bonds. The summed E-state index contributed by atoms with van der Waals surface area (Å²) in [5.74, 6) is 0.287. The topological polar surface area (TPSA) is 62.1 Å². The molecular weight excluding hydrogens is 392 g/mol. The number of carbonyl (C=O) groups excluding carboxylic acids is 1. The van der Waals surface area contributed by atoms with Crippen LogP contribution in [0.4, 0.5) is 5.69 Å². The molecule has 0 bridgehead atoms. The van der Waals surface area contributed by atoms with Gasteiger partial charge in [-0.3, -0.25) is 4.79 Å². The number of amides is 1. The third-order valence-corrected chi connectivity index (χ3v) is 4.26. The van der Waals surface area contributed by atoms with E-state index in [0.29, 0.717) is 5.69 Å². The van der Waals surface area contributed by atoms with Gasteiger partial charge in [-0.1, -0.05) is 18.2 Å². The van der Waals surface area contributed by atoms with Gasteiger partial charge >= 0.3 is 0 Å². The molecule has 2 aromatic rings. The van der Waals surface area contributed by atoms with E-state index in [9.17, 15) is 10.1 Å². The molecule has 0 aliphatic carbocycles. The van der Waals surface area contributed by atoms with Crippen molar-refractivity contribution < 1.29 is 9.53 Å². The third-order valence-electron chi connectivity index (χ3n) is 3.64. The maximum Gasteiger partial charge on any atom is 0.266 e. The molecule has 0 spiro atoms. The Balaban J connectivity index is 2.24. The van der Waals surface area contributed by atoms with Crippen LogP contribution in [0.1, 0.15) is 30.5 Å². The van der Waals surface area contributed by atoms with Gasteiger partial charge in [-0.05, 0) is 84.6 Å². The molecule has 26 heavy (non-hydrogen) atoms. The lowest BCUT2D eigenvalue weighted by Gasteiger charge is -2.12. The summed E-state index contributed by atoms with van der Waals surface area (Å²) in [6.45, 7) is 7.77. The van der Waals surface area contributed by atoms with Crippen LogP contribution in [0.15, 0.2) is 46.4 Å². The second kappa shape index (κ2) is 8.68. The molecule has 0 aliphatic heterocycles. The van der Waals surface area contributed by atoms with Crippen LogP contribution >= 0.6 is 15.9 Å². The highest BCUT2D eigenvalue weighted by Crippen LogP contribution is 2.28. The number of nitriles is 1. The molecular formula is C21H21BrN2O2. The molecule has 0 radical (unpaired) electrons. The first-order valence-electron chi connectivity index (χ1n) is 8.26. The Kier molecular flexibility index (Phi) is 6.59. The van der Waals surface area contributed by atoms with Crippen LogP contribution in [0, 0.1) is 25.2 Å². The molecule has 134 valence electrons. The Labute approximate surface area is 162 Å². The Morgan fingerprint density at radius 2 is 1.96 bits per heavy atom. The van der Waals surface area contributed by atoms with E-state index in [1.54, 1.807) is 6.08 Å². The van der Waals surface area contributed by atoms with Crippen LogP contribution in [0.25, 0.3) is 6.08 Å². The Morgan fingerprint density at radius 3 is 2.58 bits per heavy atom. The van der Waals surface area contributed by atoms with Gasteiger partial charge in [0, 0.05) is 5.69 Å². The Morgan fingerprint density at radius 1 is 1.23 bits per heavy atom. The van der Waals surface area contributed by atoms with E-state index < -0.39 is 5.91 Å². The van der Waals surface area contributed by atoms with Gasteiger partial charge in [0.25, 0.3) is 5.91 Å². The van der Waals surface area contributed by atoms with Gasteiger partial charge < -0.3 is 10.1 Å². The van der Waals surface area contributed by atoms with Crippen molar-refractivity contribution in [2.45, 2.75) is 33.8 Å². The normalized spacial score (nSPS) is 11.2. The van der Waals surface area contributed by atoms with Gasteiger partial charge in [-0.15, -0.1) is 0 Å². The van der Waals surface area contributed by atoms with Crippen molar-refractivity contribution in [1.29, 1.82) is 5.26 Å². The zero-order chi connectivity index (χ0) is 19.3. The van der Waals surface area contributed by atoms with Crippen LogP contribution in [0.3, 0.4) is 0 Å². The minimum absolute atomic E-state index is 0.0373. The molecule has 0 aliphatic rings. The highest BCUT2D eigenvalue weighted by Gasteiger charge is 2.12. The first-order valence-corrected chi connectivity index (χ1v) is 9.06. The SMILES string of the molecule is Cc1ccc(C)c(NC(=O)/C(C#N)=C/c2ccc(OC(C)C)c(Br)c2)c1. The summed E-state index contributed by atoms with van der Waals surface area (Å²) in [6.07, 6.45) is 1.62. The highest BCUT2D eigenvalue weighted by molar-refractivity contribution is 9.10. The largest absolute Gasteiger partial charge is 0.490 e. The van der Waals surface area contributed by atoms with E-state index in [0.717, 1.165) is 26.9 Å². The van der Waals surface area contributed by atoms with Crippen molar-refractivity contribution in [3.63, 3.8) is 0 Å². The summed E-state index contributed by atoms with van der Waals surface area (Å²) in [4.78, 5) is 12.5. The Bertz CT molecular complexity index is 895. The van der Waals surface area contributed by atoms with E-state index in [-0.39, 0.29) is 11.7 Å². The van der Waals surface area contributed by atoms with Crippen molar-refractivity contribution >= 4 is 33.6 Å². The predicted molar refractivity (Wildman–Crippen MR) is 108 cm³/mol. The number of anilines is 1. The standard InChI is InChI=1S/C21H21BrN2O2/c1-13(2)26-20-8-7-16(11-18(20)22)10-17(12-23)21(25)24-19-9-14(3)5-6-15(19)4/h5-11,13H,1-4H3,(H,24,25)/b17-10+. The van der Waals surface area contributed by atoms with Crippen molar-refractivity contribution in [2.75, 3.05) is 5.32 Å². The predicted octanol–water partition coefficient (Wildman–Crippen LogP) is 5.40. The first kappa shape index (κ1) is 19.7. The third kappa shape index (κ3) is 5.21. The highest BCUT2D eigenvalue weighted by atomic mass is 79.9. The molecule has 0 aromatic heterocycles. The fourth-order valence-electron chi connectivity index (χ4n) is 2.33. The molecule has 2 aromatic carbocycles. The van der Waals surface area contributed by atoms with E-state index in [1.165, 1.54) is 0 Å². The van der Waals surface area contributed by atoms with Gasteiger partial charge in [0.15, 0.2) is 0 Å². The summed E-state index contributed by atoms with van der Waals surface area (Å²) < 4.78 is 6.44. The lowest BCUT2D eigenvalue weighted by Crippen LogP contribution is -2.14. The number of nitrogens with one attached hydrogen (secondary N) is 1. The maximum absolute atomic E-state index is 12.5.